The predicted molar refractivity (Wildman–Crippen MR) is 109 cm³/mol. The molecular formula is C19H29N6O6+. The van der Waals surface area contributed by atoms with Crippen molar-refractivity contribution in [2.24, 2.45) is 4.99 Å². The number of carbonyl (C=O) groups excluding carboxylic acids is 4. The summed E-state index contributed by atoms with van der Waals surface area (Å²) >= 11 is 0. The summed E-state index contributed by atoms with van der Waals surface area (Å²) in [5.41, 5.74) is 0. The Balaban J connectivity index is 1.80. The first kappa shape index (κ1) is 22.7. The molecule has 2 fully saturated rings. The average Bonchev–Trinajstić information content (AvgIpc) is 3.09. The molecule has 0 spiro atoms. The Morgan fingerprint density at radius 2 is 1.68 bits per heavy atom. The van der Waals surface area contributed by atoms with Gasteiger partial charge in [0.1, 0.15) is 6.54 Å². The third-order valence-corrected chi connectivity index (χ3v) is 5.48. The van der Waals surface area contributed by atoms with Crippen LogP contribution in [0.3, 0.4) is 0 Å². The van der Waals surface area contributed by atoms with Crippen molar-refractivity contribution in [3.63, 3.8) is 0 Å². The maximum absolute atomic E-state index is 12.8. The maximum atomic E-state index is 12.8. The van der Waals surface area contributed by atoms with Crippen LogP contribution in [-0.2, 0) is 19.1 Å². The van der Waals surface area contributed by atoms with Gasteiger partial charge in [-0.15, -0.1) is 0 Å². The van der Waals surface area contributed by atoms with E-state index in [-0.39, 0.29) is 19.2 Å². The minimum Gasteiger partial charge on any atom is -0.463 e. The SMILES string of the molecule is CCOC(=O)C[N+]1=C(CN2CCN(C(=O)OCC)CC2)N=C2C1C(=O)N(C)C(=O)N2C. The largest absolute Gasteiger partial charge is 0.463 e. The molecule has 0 aromatic carbocycles. The average molecular weight is 437 g/mol. The van der Waals surface area contributed by atoms with Crippen LogP contribution in [0.5, 0.6) is 0 Å². The zero-order valence-electron chi connectivity index (χ0n) is 18.4. The van der Waals surface area contributed by atoms with Crippen LogP contribution in [0, 0.1) is 0 Å². The Kier molecular flexibility index (Phi) is 6.88. The smallest absolute Gasteiger partial charge is 0.409 e. The molecule has 31 heavy (non-hydrogen) atoms. The highest BCUT2D eigenvalue weighted by molar-refractivity contribution is 6.23. The third-order valence-electron chi connectivity index (χ3n) is 5.48. The first-order valence-electron chi connectivity index (χ1n) is 10.3. The van der Waals surface area contributed by atoms with Gasteiger partial charge in [0.05, 0.1) is 13.2 Å². The monoisotopic (exact) mass is 437 g/mol. The minimum atomic E-state index is -0.854. The number of nitrogens with zero attached hydrogens (tertiary/aromatic N) is 6. The lowest BCUT2D eigenvalue weighted by atomic mass is 10.1. The molecule has 3 aliphatic heterocycles. The van der Waals surface area contributed by atoms with E-state index in [9.17, 15) is 19.2 Å². The highest BCUT2D eigenvalue weighted by Gasteiger charge is 2.53. The second-order valence-electron chi connectivity index (χ2n) is 7.42. The van der Waals surface area contributed by atoms with E-state index in [2.05, 4.69) is 9.89 Å². The summed E-state index contributed by atoms with van der Waals surface area (Å²) in [5.74, 6) is -0.0923. The lowest BCUT2D eigenvalue weighted by Gasteiger charge is -2.33. The van der Waals surface area contributed by atoms with Crippen molar-refractivity contribution in [3.8, 4) is 0 Å². The Morgan fingerprint density at radius 3 is 2.29 bits per heavy atom. The van der Waals surface area contributed by atoms with Gasteiger partial charge >= 0.3 is 23.9 Å². The number of rotatable bonds is 6. The number of amidine groups is 2. The summed E-state index contributed by atoms with van der Waals surface area (Å²) in [7, 11) is 2.97. The molecule has 12 nitrogen and oxygen atoms in total. The molecule has 0 bridgehead atoms. The van der Waals surface area contributed by atoms with Crippen LogP contribution < -0.4 is 0 Å². The van der Waals surface area contributed by atoms with E-state index in [4.69, 9.17) is 9.47 Å². The van der Waals surface area contributed by atoms with Crippen LogP contribution >= 0.6 is 0 Å². The number of hydrogen-bond acceptors (Lipinski definition) is 8. The Hall–Kier alpha value is -3.02. The fourth-order valence-electron chi connectivity index (χ4n) is 3.81. The molecule has 0 aromatic rings. The third kappa shape index (κ3) is 4.53. The van der Waals surface area contributed by atoms with E-state index in [1.165, 1.54) is 11.9 Å². The van der Waals surface area contributed by atoms with Gasteiger partial charge in [0.15, 0.2) is 6.54 Å². The Labute approximate surface area is 180 Å². The fraction of sp³-hybridized carbons (Fsp3) is 0.684. The molecule has 3 aliphatic rings. The molecule has 170 valence electrons. The lowest BCUT2D eigenvalue weighted by Crippen LogP contribution is -2.62. The fourth-order valence-corrected chi connectivity index (χ4v) is 3.81. The van der Waals surface area contributed by atoms with Crippen molar-refractivity contribution in [3.05, 3.63) is 0 Å². The molecule has 1 atom stereocenters. The molecule has 0 radical (unpaired) electrons. The van der Waals surface area contributed by atoms with Crippen LogP contribution in [0.2, 0.25) is 0 Å². The molecule has 4 amide bonds. The number of amides is 4. The molecule has 0 saturated carbocycles. The highest BCUT2D eigenvalue weighted by Crippen LogP contribution is 2.19. The molecular weight excluding hydrogens is 408 g/mol. The van der Waals surface area contributed by atoms with Crippen molar-refractivity contribution in [1.82, 2.24) is 19.6 Å². The number of urea groups is 1. The van der Waals surface area contributed by atoms with E-state index in [1.807, 2.05) is 0 Å². The Bertz CT molecular complexity index is 832. The van der Waals surface area contributed by atoms with Gasteiger partial charge < -0.3 is 14.4 Å². The first-order valence-corrected chi connectivity index (χ1v) is 10.3. The number of carbonyl (C=O) groups is 4. The van der Waals surface area contributed by atoms with Crippen molar-refractivity contribution >= 4 is 35.7 Å². The normalized spacial score (nSPS) is 22.0. The number of aliphatic imine (C=N–C) groups is 1. The van der Waals surface area contributed by atoms with Gasteiger partial charge in [0.25, 0.3) is 17.8 Å². The lowest BCUT2D eigenvalue weighted by molar-refractivity contribution is -0.527. The van der Waals surface area contributed by atoms with Gasteiger partial charge in [-0.05, 0) is 18.8 Å². The molecule has 3 rings (SSSR count). The van der Waals surface area contributed by atoms with Crippen molar-refractivity contribution in [2.45, 2.75) is 19.9 Å². The maximum Gasteiger partial charge on any atom is 0.409 e. The van der Waals surface area contributed by atoms with E-state index < -0.39 is 23.9 Å². The molecule has 2 saturated heterocycles. The van der Waals surface area contributed by atoms with Gasteiger partial charge in [0, 0.05) is 40.3 Å². The number of hydrogen-bond donors (Lipinski definition) is 0. The number of likely N-dealkylation sites (N-methyl/N-ethyl adjacent to an activating group) is 2. The van der Waals surface area contributed by atoms with Gasteiger partial charge in [0.2, 0.25) is 0 Å². The topological polar surface area (TPSA) is 115 Å². The standard InChI is InChI=1S/C19H29N6O6/c1-5-30-14(26)12-25-13(11-23-7-9-24(10-8-23)19(29)31-6-2)20-16-15(25)17(27)22(4)18(28)21(16)3/h15H,5-12H2,1-4H3/q+1. The second-order valence-corrected chi connectivity index (χ2v) is 7.42. The van der Waals surface area contributed by atoms with E-state index in [1.54, 1.807) is 30.4 Å². The van der Waals surface area contributed by atoms with E-state index in [0.29, 0.717) is 51.0 Å². The highest BCUT2D eigenvalue weighted by atomic mass is 16.6. The number of ether oxygens (including phenoxy) is 2. The van der Waals surface area contributed by atoms with Gasteiger partial charge in [-0.1, -0.05) is 0 Å². The minimum absolute atomic E-state index is 0.148. The summed E-state index contributed by atoms with van der Waals surface area (Å²) in [6, 6.07) is -1.33. The second kappa shape index (κ2) is 9.41. The summed E-state index contributed by atoms with van der Waals surface area (Å²) in [5, 5.41) is 0. The summed E-state index contributed by atoms with van der Waals surface area (Å²) in [6.07, 6.45) is -0.334. The van der Waals surface area contributed by atoms with E-state index >= 15 is 0 Å². The van der Waals surface area contributed by atoms with Gasteiger partial charge in [-0.25, -0.2) is 19.0 Å². The summed E-state index contributed by atoms with van der Waals surface area (Å²) in [6.45, 7) is 6.44. The molecule has 3 heterocycles. The zero-order chi connectivity index (χ0) is 22.7. The summed E-state index contributed by atoms with van der Waals surface area (Å²) in [4.78, 5) is 60.0. The predicted octanol–water partition coefficient (Wildman–Crippen LogP) is -0.961. The van der Waals surface area contributed by atoms with Gasteiger partial charge in [-0.2, -0.15) is 0 Å². The molecule has 0 aliphatic carbocycles. The van der Waals surface area contributed by atoms with E-state index in [0.717, 1.165) is 4.90 Å². The first-order chi connectivity index (χ1) is 14.8. The van der Waals surface area contributed by atoms with Crippen LogP contribution in [-0.4, -0.2) is 132 Å². The molecule has 1 unspecified atom stereocenters. The number of esters is 1. The molecule has 12 heteroatoms. The van der Waals surface area contributed by atoms with Gasteiger partial charge in [-0.3, -0.25) is 19.5 Å². The van der Waals surface area contributed by atoms with Crippen molar-refractivity contribution in [1.29, 1.82) is 0 Å². The quantitative estimate of drug-likeness (QED) is 0.388. The summed E-state index contributed by atoms with van der Waals surface area (Å²) < 4.78 is 11.7. The Morgan fingerprint density at radius 1 is 1.03 bits per heavy atom. The van der Waals surface area contributed by atoms with Crippen LogP contribution in [0.15, 0.2) is 4.99 Å². The van der Waals surface area contributed by atoms with Crippen molar-refractivity contribution < 1.29 is 33.2 Å². The molecule has 0 aromatic heterocycles. The molecule has 0 N–H and O–H groups in total. The zero-order valence-corrected chi connectivity index (χ0v) is 18.4. The van der Waals surface area contributed by atoms with Crippen LogP contribution in [0.4, 0.5) is 9.59 Å². The number of imide groups is 1. The number of piperazine rings is 1. The van der Waals surface area contributed by atoms with Crippen LogP contribution in [0.1, 0.15) is 13.8 Å². The number of fused-ring (bicyclic) bond motifs is 1. The van der Waals surface area contributed by atoms with Crippen LogP contribution in [0.25, 0.3) is 0 Å². The van der Waals surface area contributed by atoms with Crippen molar-refractivity contribution in [2.75, 3.05) is 66.6 Å².